The monoisotopic (exact) mass is 314 g/mol. The first kappa shape index (κ1) is 15.7. The molecule has 3 fully saturated rings. The molecule has 3 saturated carbocycles. The Morgan fingerprint density at radius 3 is 2.78 bits per heavy atom. The summed E-state index contributed by atoms with van der Waals surface area (Å²) in [5.74, 6) is 5.62. The van der Waals surface area contributed by atoms with Gasteiger partial charge in [-0.2, -0.15) is 0 Å². The molecule has 0 heterocycles. The van der Waals surface area contributed by atoms with Crippen LogP contribution in [0.25, 0.3) is 0 Å². The summed E-state index contributed by atoms with van der Waals surface area (Å²) in [6, 6.07) is 0. The van der Waals surface area contributed by atoms with Crippen molar-refractivity contribution in [2.24, 2.45) is 35.0 Å². The third kappa shape index (κ3) is 1.96. The average Bonchev–Trinajstić information content (AvgIpc) is 2.75. The van der Waals surface area contributed by atoms with Crippen molar-refractivity contribution in [3.05, 3.63) is 11.6 Å². The van der Waals surface area contributed by atoms with E-state index in [1.807, 2.05) is 0 Å². The van der Waals surface area contributed by atoms with Crippen molar-refractivity contribution in [3.8, 4) is 12.3 Å². The summed E-state index contributed by atoms with van der Waals surface area (Å²) in [7, 11) is 0. The molecular weight excluding hydrogens is 284 g/mol. The summed E-state index contributed by atoms with van der Waals surface area (Å²) in [4.78, 5) is 0. The maximum atomic E-state index is 11.2. The number of aliphatic hydroxyl groups excluding tert-OH is 1. The molecule has 0 amide bonds. The first-order valence-corrected chi connectivity index (χ1v) is 9.48. The highest BCUT2D eigenvalue weighted by Gasteiger charge is 2.64. The van der Waals surface area contributed by atoms with Crippen LogP contribution >= 0.6 is 0 Å². The Labute approximate surface area is 140 Å². The summed E-state index contributed by atoms with van der Waals surface area (Å²) < 4.78 is 0. The second kappa shape index (κ2) is 5.11. The van der Waals surface area contributed by atoms with Gasteiger partial charge in [0.1, 0.15) is 5.60 Å². The Morgan fingerprint density at radius 2 is 2.04 bits per heavy atom. The van der Waals surface area contributed by atoms with E-state index in [1.165, 1.54) is 12.0 Å². The Kier molecular flexibility index (Phi) is 3.49. The fourth-order valence-electron chi connectivity index (χ4n) is 6.90. The Morgan fingerprint density at radius 1 is 1.26 bits per heavy atom. The van der Waals surface area contributed by atoms with E-state index in [0.29, 0.717) is 17.8 Å². The van der Waals surface area contributed by atoms with Crippen LogP contribution in [-0.2, 0) is 0 Å². The van der Waals surface area contributed by atoms with Gasteiger partial charge >= 0.3 is 0 Å². The second-order valence-corrected chi connectivity index (χ2v) is 8.99. The molecule has 0 spiro atoms. The Bertz CT molecular complexity index is 573. The third-order valence-corrected chi connectivity index (χ3v) is 8.22. The van der Waals surface area contributed by atoms with Gasteiger partial charge in [0.2, 0.25) is 0 Å². The highest BCUT2D eigenvalue weighted by Crippen LogP contribution is 2.65. The van der Waals surface area contributed by atoms with Crippen molar-refractivity contribution in [2.75, 3.05) is 0 Å². The molecule has 2 N–H and O–H groups in total. The second-order valence-electron chi connectivity index (χ2n) is 8.99. The van der Waals surface area contributed by atoms with Crippen molar-refractivity contribution in [1.82, 2.24) is 0 Å². The van der Waals surface area contributed by atoms with Gasteiger partial charge in [0.05, 0.1) is 6.10 Å². The Balaban J connectivity index is 1.67. The van der Waals surface area contributed by atoms with Gasteiger partial charge in [-0.05, 0) is 74.5 Å². The molecule has 0 radical (unpaired) electrons. The summed E-state index contributed by atoms with van der Waals surface area (Å²) in [6.45, 7) is 4.39. The molecule has 3 unspecified atom stereocenters. The lowest BCUT2D eigenvalue weighted by Gasteiger charge is -2.54. The first-order valence-electron chi connectivity index (χ1n) is 9.48. The molecule has 4 aliphatic rings. The quantitative estimate of drug-likeness (QED) is 0.530. The lowest BCUT2D eigenvalue weighted by molar-refractivity contribution is -0.0925. The largest absolute Gasteiger partial charge is 0.393 e. The molecule has 4 aliphatic carbocycles. The first-order chi connectivity index (χ1) is 10.9. The normalized spacial score (nSPS) is 55.2. The zero-order valence-electron chi connectivity index (χ0n) is 14.5. The van der Waals surface area contributed by atoms with Gasteiger partial charge in [-0.15, -0.1) is 6.42 Å². The molecule has 2 nitrogen and oxygen atoms in total. The van der Waals surface area contributed by atoms with Crippen LogP contribution in [0, 0.1) is 47.3 Å². The molecule has 0 aliphatic heterocycles. The van der Waals surface area contributed by atoms with E-state index in [9.17, 15) is 10.2 Å². The van der Waals surface area contributed by atoms with Gasteiger partial charge in [0.25, 0.3) is 0 Å². The van der Waals surface area contributed by atoms with Crippen molar-refractivity contribution < 1.29 is 10.2 Å². The molecule has 0 aromatic heterocycles. The van der Waals surface area contributed by atoms with Crippen molar-refractivity contribution >= 4 is 0 Å². The Hall–Kier alpha value is -0.780. The van der Waals surface area contributed by atoms with Crippen LogP contribution in [0.2, 0.25) is 0 Å². The topological polar surface area (TPSA) is 40.5 Å². The fourth-order valence-corrected chi connectivity index (χ4v) is 6.90. The predicted octanol–water partition coefficient (Wildman–Crippen LogP) is 3.53. The zero-order chi connectivity index (χ0) is 16.4. The van der Waals surface area contributed by atoms with Crippen molar-refractivity contribution in [1.29, 1.82) is 0 Å². The molecule has 4 rings (SSSR count). The van der Waals surface area contributed by atoms with Crippen molar-refractivity contribution in [2.45, 2.75) is 70.5 Å². The number of rotatable bonds is 0. The number of hydrogen-bond donors (Lipinski definition) is 2. The highest BCUT2D eigenvalue weighted by atomic mass is 16.3. The molecular formula is C21H30O2. The van der Waals surface area contributed by atoms with Crippen LogP contribution in [0.1, 0.15) is 58.8 Å². The standard InChI is InChI=1S/C21H30O2/c1-4-21(23)13(2)11-19-18-7-5-14-12-15(22)6-8-16(14)17(18)9-10-20(19,21)3/h1,5,13,15-19,22-23H,6-12H2,2-3H3/t13-,15+,16+,17?,18?,19?,20+,21+/m1/s1. The molecule has 2 heteroatoms. The SMILES string of the molecule is C#C[C@]1(O)[C@H](C)CC2C3CC=C4C[C@@H](O)CC[C@@H]4C3CC[C@@]21C. The number of terminal acetylenes is 1. The molecule has 126 valence electrons. The van der Waals surface area contributed by atoms with E-state index in [-0.39, 0.29) is 17.4 Å². The smallest absolute Gasteiger partial charge is 0.133 e. The van der Waals surface area contributed by atoms with E-state index in [0.717, 1.165) is 44.4 Å². The minimum atomic E-state index is -0.935. The number of fused-ring (bicyclic) bond motifs is 5. The minimum absolute atomic E-state index is 0.123. The maximum absolute atomic E-state index is 11.2. The fraction of sp³-hybridized carbons (Fsp3) is 0.810. The van der Waals surface area contributed by atoms with E-state index in [1.54, 1.807) is 0 Å². The zero-order valence-corrected chi connectivity index (χ0v) is 14.5. The molecule has 0 saturated heterocycles. The van der Waals surface area contributed by atoms with Crippen LogP contribution in [0.4, 0.5) is 0 Å². The van der Waals surface area contributed by atoms with Gasteiger partial charge in [0.15, 0.2) is 0 Å². The van der Waals surface area contributed by atoms with Crippen LogP contribution < -0.4 is 0 Å². The summed E-state index contributed by atoms with van der Waals surface area (Å²) in [5, 5.41) is 21.2. The maximum Gasteiger partial charge on any atom is 0.133 e. The predicted molar refractivity (Wildman–Crippen MR) is 91.4 cm³/mol. The van der Waals surface area contributed by atoms with Gasteiger partial charge in [0, 0.05) is 5.41 Å². The summed E-state index contributed by atoms with van der Waals surface area (Å²) >= 11 is 0. The third-order valence-electron chi connectivity index (χ3n) is 8.22. The van der Waals surface area contributed by atoms with E-state index in [4.69, 9.17) is 6.42 Å². The average molecular weight is 314 g/mol. The van der Waals surface area contributed by atoms with Gasteiger partial charge in [-0.1, -0.05) is 31.4 Å². The molecule has 0 aromatic rings. The van der Waals surface area contributed by atoms with Gasteiger partial charge in [-0.25, -0.2) is 0 Å². The van der Waals surface area contributed by atoms with E-state index < -0.39 is 5.60 Å². The van der Waals surface area contributed by atoms with Crippen LogP contribution in [0.15, 0.2) is 11.6 Å². The number of allylic oxidation sites excluding steroid dienone is 1. The van der Waals surface area contributed by atoms with Gasteiger partial charge < -0.3 is 10.2 Å². The molecule has 0 aromatic carbocycles. The highest BCUT2D eigenvalue weighted by molar-refractivity contribution is 5.27. The summed E-state index contributed by atoms with van der Waals surface area (Å²) in [5.41, 5.74) is 0.462. The van der Waals surface area contributed by atoms with Crippen LogP contribution in [0.5, 0.6) is 0 Å². The van der Waals surface area contributed by atoms with E-state index >= 15 is 0 Å². The van der Waals surface area contributed by atoms with E-state index in [2.05, 4.69) is 25.8 Å². The lowest BCUT2D eigenvalue weighted by Crippen LogP contribution is -2.53. The lowest BCUT2D eigenvalue weighted by atomic mass is 9.51. The van der Waals surface area contributed by atoms with Gasteiger partial charge in [-0.3, -0.25) is 0 Å². The van der Waals surface area contributed by atoms with Crippen LogP contribution in [0.3, 0.4) is 0 Å². The minimum Gasteiger partial charge on any atom is -0.393 e. The number of aliphatic hydroxyl groups is 2. The molecule has 0 bridgehead atoms. The number of hydrogen-bond acceptors (Lipinski definition) is 2. The molecule has 23 heavy (non-hydrogen) atoms. The van der Waals surface area contributed by atoms with Crippen LogP contribution in [-0.4, -0.2) is 21.9 Å². The molecule has 8 atom stereocenters. The summed E-state index contributed by atoms with van der Waals surface area (Å²) in [6.07, 6.45) is 15.5. The van der Waals surface area contributed by atoms with Crippen molar-refractivity contribution in [3.63, 3.8) is 0 Å².